The fourth-order valence-corrected chi connectivity index (χ4v) is 1.29. The van der Waals surface area contributed by atoms with Crippen molar-refractivity contribution in [1.29, 1.82) is 0 Å². The van der Waals surface area contributed by atoms with Crippen molar-refractivity contribution < 1.29 is 0 Å². The molecular formula is C9H10. The van der Waals surface area contributed by atoms with E-state index < -0.39 is 0 Å². The third-order valence-corrected chi connectivity index (χ3v) is 2.02. The van der Waals surface area contributed by atoms with Gasteiger partial charge in [0.1, 0.15) is 0 Å². The first kappa shape index (κ1) is 5.04. The Kier molecular flexibility index (Phi) is 1.05. The summed E-state index contributed by atoms with van der Waals surface area (Å²) in [6.07, 6.45) is 13.7. The highest BCUT2D eigenvalue weighted by Crippen LogP contribution is 2.29. The summed E-state index contributed by atoms with van der Waals surface area (Å²) < 4.78 is 0. The van der Waals surface area contributed by atoms with Gasteiger partial charge in [0.15, 0.2) is 0 Å². The fourth-order valence-electron chi connectivity index (χ4n) is 1.29. The van der Waals surface area contributed by atoms with Crippen molar-refractivity contribution in [1.82, 2.24) is 0 Å². The molecule has 0 saturated carbocycles. The van der Waals surface area contributed by atoms with Crippen LogP contribution in [0.1, 0.15) is 12.8 Å². The van der Waals surface area contributed by atoms with Crippen LogP contribution in [0.3, 0.4) is 0 Å². The van der Waals surface area contributed by atoms with E-state index in [1.54, 1.807) is 5.57 Å². The molecule has 2 aliphatic rings. The molecule has 9 heavy (non-hydrogen) atoms. The van der Waals surface area contributed by atoms with Gasteiger partial charge in [0, 0.05) is 5.92 Å². The first-order valence-electron chi connectivity index (χ1n) is 3.51. The van der Waals surface area contributed by atoms with Gasteiger partial charge >= 0.3 is 0 Å². The second-order valence-corrected chi connectivity index (χ2v) is 2.61. The van der Waals surface area contributed by atoms with E-state index in [2.05, 4.69) is 30.4 Å². The van der Waals surface area contributed by atoms with Gasteiger partial charge < -0.3 is 0 Å². The average Bonchev–Trinajstić information content (AvgIpc) is 2.11. The third-order valence-electron chi connectivity index (χ3n) is 2.02. The largest absolute Gasteiger partial charge is 0.0841 e. The minimum Gasteiger partial charge on any atom is -0.0841 e. The fraction of sp³-hybridized carbons (Fsp3) is 0.333. The van der Waals surface area contributed by atoms with Gasteiger partial charge in [-0.15, -0.1) is 0 Å². The van der Waals surface area contributed by atoms with Crippen LogP contribution < -0.4 is 0 Å². The molecule has 0 spiro atoms. The zero-order chi connectivity index (χ0) is 6.10. The van der Waals surface area contributed by atoms with Gasteiger partial charge in [-0.2, -0.15) is 0 Å². The molecule has 0 radical (unpaired) electrons. The second kappa shape index (κ2) is 1.87. The SMILES string of the molecule is C1=CC(C2=CCC2)C=C1. The molecule has 0 fully saturated rings. The standard InChI is InChI=1S/C9H10/c1-2-5-8(4-1)9-6-3-7-9/h1-2,4-6,8H,3,7H2. The van der Waals surface area contributed by atoms with E-state index in [1.165, 1.54) is 12.8 Å². The predicted molar refractivity (Wildman–Crippen MR) is 39.1 cm³/mol. The third kappa shape index (κ3) is 0.748. The number of hydrogen-bond donors (Lipinski definition) is 0. The van der Waals surface area contributed by atoms with E-state index in [0.717, 1.165) is 0 Å². The monoisotopic (exact) mass is 118 g/mol. The molecule has 0 aromatic rings. The first-order chi connectivity index (χ1) is 4.47. The van der Waals surface area contributed by atoms with Gasteiger partial charge in [0.05, 0.1) is 0 Å². The summed E-state index contributed by atoms with van der Waals surface area (Å²) in [5.74, 6) is 0.666. The lowest BCUT2D eigenvalue weighted by molar-refractivity contribution is 0.769. The molecule has 0 bridgehead atoms. The molecule has 0 aromatic heterocycles. The molecule has 0 amide bonds. The lowest BCUT2D eigenvalue weighted by Crippen LogP contribution is -2.02. The summed E-state index contributed by atoms with van der Waals surface area (Å²) in [7, 11) is 0. The van der Waals surface area contributed by atoms with Crippen molar-refractivity contribution in [2.45, 2.75) is 12.8 Å². The molecular weight excluding hydrogens is 108 g/mol. The van der Waals surface area contributed by atoms with Crippen LogP contribution in [-0.4, -0.2) is 0 Å². The van der Waals surface area contributed by atoms with Crippen molar-refractivity contribution in [3.63, 3.8) is 0 Å². The Morgan fingerprint density at radius 1 is 1.22 bits per heavy atom. The Bertz CT molecular complexity index is 182. The van der Waals surface area contributed by atoms with Crippen molar-refractivity contribution in [3.05, 3.63) is 36.0 Å². The molecule has 0 aromatic carbocycles. The van der Waals surface area contributed by atoms with Crippen LogP contribution in [0.5, 0.6) is 0 Å². The quantitative estimate of drug-likeness (QED) is 0.464. The Labute approximate surface area is 55.6 Å². The van der Waals surface area contributed by atoms with E-state index in [9.17, 15) is 0 Å². The van der Waals surface area contributed by atoms with E-state index in [1.807, 2.05) is 0 Å². The summed E-state index contributed by atoms with van der Waals surface area (Å²) >= 11 is 0. The average molecular weight is 118 g/mol. The summed E-state index contributed by atoms with van der Waals surface area (Å²) in [6, 6.07) is 0. The number of rotatable bonds is 1. The first-order valence-corrected chi connectivity index (χ1v) is 3.51. The van der Waals surface area contributed by atoms with Crippen molar-refractivity contribution in [2.75, 3.05) is 0 Å². The maximum Gasteiger partial charge on any atom is 0.0163 e. The van der Waals surface area contributed by atoms with Gasteiger partial charge in [0.2, 0.25) is 0 Å². The van der Waals surface area contributed by atoms with E-state index in [4.69, 9.17) is 0 Å². The number of hydrogen-bond acceptors (Lipinski definition) is 0. The minimum atomic E-state index is 0.666. The highest BCUT2D eigenvalue weighted by molar-refractivity contribution is 5.31. The molecule has 0 atom stereocenters. The van der Waals surface area contributed by atoms with Crippen LogP contribution in [0.2, 0.25) is 0 Å². The molecule has 2 aliphatic carbocycles. The van der Waals surface area contributed by atoms with Crippen LogP contribution in [0.15, 0.2) is 36.0 Å². The molecule has 0 aliphatic heterocycles. The maximum absolute atomic E-state index is 2.34. The Morgan fingerprint density at radius 3 is 2.33 bits per heavy atom. The summed E-state index contributed by atoms with van der Waals surface area (Å²) in [5, 5.41) is 0. The molecule has 46 valence electrons. The molecule has 0 unspecified atom stereocenters. The van der Waals surface area contributed by atoms with Crippen LogP contribution in [-0.2, 0) is 0 Å². The highest BCUT2D eigenvalue weighted by atomic mass is 14.2. The highest BCUT2D eigenvalue weighted by Gasteiger charge is 2.13. The van der Waals surface area contributed by atoms with Gasteiger partial charge in [-0.25, -0.2) is 0 Å². The van der Waals surface area contributed by atoms with Crippen LogP contribution >= 0.6 is 0 Å². The molecule has 0 heterocycles. The van der Waals surface area contributed by atoms with Crippen LogP contribution in [0.4, 0.5) is 0 Å². The Hall–Kier alpha value is -0.780. The van der Waals surface area contributed by atoms with E-state index in [0.29, 0.717) is 5.92 Å². The smallest absolute Gasteiger partial charge is 0.0163 e. The Balaban J connectivity index is 2.14. The van der Waals surface area contributed by atoms with Crippen LogP contribution in [0.25, 0.3) is 0 Å². The zero-order valence-electron chi connectivity index (χ0n) is 5.38. The summed E-state index contributed by atoms with van der Waals surface area (Å²) in [5.41, 5.74) is 1.61. The summed E-state index contributed by atoms with van der Waals surface area (Å²) in [6.45, 7) is 0. The van der Waals surface area contributed by atoms with Crippen molar-refractivity contribution >= 4 is 0 Å². The Morgan fingerprint density at radius 2 is 1.89 bits per heavy atom. The van der Waals surface area contributed by atoms with E-state index in [-0.39, 0.29) is 0 Å². The lowest BCUT2D eigenvalue weighted by Gasteiger charge is -2.17. The number of allylic oxidation sites excluding steroid dienone is 6. The molecule has 0 N–H and O–H groups in total. The van der Waals surface area contributed by atoms with Crippen molar-refractivity contribution in [3.8, 4) is 0 Å². The minimum absolute atomic E-state index is 0.666. The topological polar surface area (TPSA) is 0 Å². The molecule has 0 heteroatoms. The molecule has 0 saturated heterocycles. The van der Waals surface area contributed by atoms with Gasteiger partial charge in [0.25, 0.3) is 0 Å². The summed E-state index contributed by atoms with van der Waals surface area (Å²) in [4.78, 5) is 0. The van der Waals surface area contributed by atoms with Gasteiger partial charge in [-0.05, 0) is 12.8 Å². The normalized spacial score (nSPS) is 24.2. The van der Waals surface area contributed by atoms with Gasteiger partial charge in [-0.1, -0.05) is 36.0 Å². The zero-order valence-corrected chi connectivity index (χ0v) is 5.38. The van der Waals surface area contributed by atoms with Crippen LogP contribution in [0, 0.1) is 5.92 Å². The van der Waals surface area contributed by atoms with Gasteiger partial charge in [-0.3, -0.25) is 0 Å². The van der Waals surface area contributed by atoms with Crippen molar-refractivity contribution in [2.24, 2.45) is 5.92 Å². The maximum atomic E-state index is 2.34. The van der Waals surface area contributed by atoms with E-state index >= 15 is 0 Å². The molecule has 2 rings (SSSR count). The molecule has 0 nitrogen and oxygen atoms in total. The second-order valence-electron chi connectivity index (χ2n) is 2.61. The predicted octanol–water partition coefficient (Wildman–Crippen LogP) is 2.45. The lowest BCUT2D eigenvalue weighted by atomic mass is 9.88.